The van der Waals surface area contributed by atoms with Crippen LogP contribution in [0, 0.1) is 5.41 Å². The molecule has 3 rings (SSSR count). The molecule has 0 saturated carbocycles. The number of hydrogen-bond acceptors (Lipinski definition) is 6. The van der Waals surface area contributed by atoms with Crippen LogP contribution in [-0.2, 0) is 9.47 Å². The van der Waals surface area contributed by atoms with Crippen molar-refractivity contribution >= 4 is 23.6 Å². The summed E-state index contributed by atoms with van der Waals surface area (Å²) in [5.74, 6) is 0.101. The zero-order valence-corrected chi connectivity index (χ0v) is 15.4. The molecule has 1 aliphatic heterocycles. The van der Waals surface area contributed by atoms with Gasteiger partial charge in [0, 0.05) is 11.3 Å². The minimum absolute atomic E-state index is 0.0689. The molecule has 8 nitrogen and oxygen atoms in total. The molecule has 1 unspecified atom stereocenters. The van der Waals surface area contributed by atoms with E-state index in [2.05, 4.69) is 0 Å². The molecule has 0 aliphatic carbocycles. The Kier molecular flexibility index (Phi) is 5.78. The number of amides is 1. The highest BCUT2D eigenvalue weighted by molar-refractivity contribution is 5.97. The molecule has 1 fully saturated rings. The van der Waals surface area contributed by atoms with E-state index in [0.717, 1.165) is 0 Å². The van der Waals surface area contributed by atoms with Crippen molar-refractivity contribution < 1.29 is 23.8 Å². The van der Waals surface area contributed by atoms with E-state index in [1.54, 1.807) is 55.5 Å². The van der Waals surface area contributed by atoms with Gasteiger partial charge in [-0.25, -0.2) is 9.59 Å². The average molecular weight is 383 g/mol. The van der Waals surface area contributed by atoms with Gasteiger partial charge < -0.3 is 19.9 Å². The Morgan fingerprint density at radius 3 is 2.68 bits per heavy atom. The minimum Gasteiger partial charge on any atom is -0.490 e. The fourth-order valence-corrected chi connectivity index (χ4v) is 2.75. The van der Waals surface area contributed by atoms with Crippen LogP contribution in [-0.4, -0.2) is 43.8 Å². The Hall–Kier alpha value is -3.55. The Labute approximate surface area is 162 Å². The number of rotatable bonds is 7. The molecule has 0 bridgehead atoms. The highest BCUT2D eigenvalue weighted by atomic mass is 16.6. The molecular weight excluding hydrogens is 362 g/mol. The molecule has 3 N–H and O–H groups in total. The summed E-state index contributed by atoms with van der Waals surface area (Å²) in [6.07, 6.45) is -0.926. The van der Waals surface area contributed by atoms with Crippen LogP contribution >= 0.6 is 0 Å². The van der Waals surface area contributed by atoms with Crippen LogP contribution in [0.15, 0.2) is 48.5 Å². The molecule has 2 aromatic rings. The lowest BCUT2D eigenvalue weighted by molar-refractivity contribution is 0.0526. The number of hydrogen-bond donors (Lipinski definition) is 2. The third-order valence-corrected chi connectivity index (χ3v) is 4.14. The first-order valence-electron chi connectivity index (χ1n) is 8.80. The molecule has 1 atom stereocenters. The number of esters is 1. The third-order valence-electron chi connectivity index (χ3n) is 4.14. The first-order valence-corrected chi connectivity index (χ1v) is 8.80. The molecule has 0 radical (unpaired) electrons. The maximum atomic E-state index is 12.2. The van der Waals surface area contributed by atoms with Crippen molar-refractivity contribution in [1.29, 1.82) is 5.41 Å². The molecule has 1 saturated heterocycles. The molecule has 1 aliphatic rings. The van der Waals surface area contributed by atoms with Crippen LogP contribution in [0.5, 0.6) is 5.75 Å². The van der Waals surface area contributed by atoms with Gasteiger partial charge in [0.05, 0.1) is 18.7 Å². The summed E-state index contributed by atoms with van der Waals surface area (Å²) in [6, 6.07) is 13.4. The summed E-state index contributed by atoms with van der Waals surface area (Å²) in [5.41, 5.74) is 7.09. The van der Waals surface area contributed by atoms with E-state index in [1.807, 2.05) is 0 Å². The smallest absolute Gasteiger partial charge is 0.414 e. The van der Waals surface area contributed by atoms with Gasteiger partial charge in [0.25, 0.3) is 0 Å². The molecule has 8 heteroatoms. The highest BCUT2D eigenvalue weighted by Crippen LogP contribution is 2.23. The molecule has 28 heavy (non-hydrogen) atoms. The normalized spacial score (nSPS) is 15.8. The molecule has 0 spiro atoms. The van der Waals surface area contributed by atoms with Gasteiger partial charge in [-0.2, -0.15) is 0 Å². The number of carbonyl (C=O) groups is 2. The largest absolute Gasteiger partial charge is 0.490 e. The van der Waals surface area contributed by atoms with Crippen molar-refractivity contribution in [1.82, 2.24) is 0 Å². The summed E-state index contributed by atoms with van der Waals surface area (Å²) in [4.78, 5) is 25.3. The van der Waals surface area contributed by atoms with E-state index in [1.165, 1.54) is 4.90 Å². The number of nitrogens with zero attached hydrogens (tertiary/aromatic N) is 1. The van der Waals surface area contributed by atoms with Crippen molar-refractivity contribution in [2.24, 2.45) is 5.73 Å². The van der Waals surface area contributed by atoms with Gasteiger partial charge in [-0.15, -0.1) is 0 Å². The van der Waals surface area contributed by atoms with Gasteiger partial charge in [-0.3, -0.25) is 10.3 Å². The van der Waals surface area contributed by atoms with Crippen LogP contribution in [0.2, 0.25) is 0 Å². The predicted molar refractivity (Wildman–Crippen MR) is 103 cm³/mol. The van der Waals surface area contributed by atoms with Crippen LogP contribution in [0.1, 0.15) is 22.8 Å². The number of carbonyl (C=O) groups excluding carboxylic acids is 2. The summed E-state index contributed by atoms with van der Waals surface area (Å²) in [7, 11) is 0. The standard InChI is InChI=1S/C20H21N3O5/c1-2-26-19(24)13-6-8-16(9-7-13)27-12-17-11-23(20(25)28-17)15-5-3-4-14(10-15)18(21)22/h3-10,17H,2,11-12H2,1H3,(H3,21,22). The maximum Gasteiger partial charge on any atom is 0.414 e. The Morgan fingerprint density at radius 1 is 1.25 bits per heavy atom. The van der Waals surface area contributed by atoms with E-state index in [9.17, 15) is 9.59 Å². The minimum atomic E-state index is -0.480. The zero-order valence-electron chi connectivity index (χ0n) is 15.4. The van der Waals surface area contributed by atoms with Crippen molar-refractivity contribution in [2.75, 3.05) is 24.7 Å². The summed E-state index contributed by atoms with van der Waals surface area (Å²) in [5, 5.41) is 7.51. The van der Waals surface area contributed by atoms with Gasteiger partial charge >= 0.3 is 12.1 Å². The topological polar surface area (TPSA) is 115 Å². The van der Waals surface area contributed by atoms with E-state index < -0.39 is 12.2 Å². The highest BCUT2D eigenvalue weighted by Gasteiger charge is 2.33. The first kappa shape index (κ1) is 19.2. The molecule has 146 valence electrons. The SMILES string of the molecule is CCOC(=O)c1ccc(OCC2CN(c3cccc(C(=N)N)c3)C(=O)O2)cc1. The lowest BCUT2D eigenvalue weighted by Gasteiger charge is -2.14. The number of anilines is 1. The molecular formula is C20H21N3O5. The van der Waals surface area contributed by atoms with Crippen LogP contribution in [0.25, 0.3) is 0 Å². The van der Waals surface area contributed by atoms with Crippen LogP contribution in [0.4, 0.5) is 10.5 Å². The Morgan fingerprint density at radius 2 is 2.00 bits per heavy atom. The number of nitrogens with one attached hydrogen (secondary N) is 1. The van der Waals surface area contributed by atoms with Gasteiger partial charge in [-0.05, 0) is 43.3 Å². The van der Waals surface area contributed by atoms with Crippen LogP contribution < -0.4 is 15.4 Å². The fourth-order valence-electron chi connectivity index (χ4n) is 2.75. The number of cyclic esters (lactones) is 1. The van der Waals surface area contributed by atoms with Crippen LogP contribution in [0.3, 0.4) is 0 Å². The Balaban J connectivity index is 1.58. The molecule has 1 heterocycles. The molecule has 1 amide bonds. The van der Waals surface area contributed by atoms with E-state index in [4.69, 9.17) is 25.4 Å². The summed E-state index contributed by atoms with van der Waals surface area (Å²) < 4.78 is 16.0. The number of nitrogens with two attached hydrogens (primary N) is 1. The number of benzene rings is 2. The second-order valence-electron chi connectivity index (χ2n) is 6.14. The third kappa shape index (κ3) is 4.40. The number of nitrogen functional groups attached to an aromatic ring is 1. The lowest BCUT2D eigenvalue weighted by Crippen LogP contribution is -2.27. The van der Waals surface area contributed by atoms with Gasteiger partial charge in [0.2, 0.25) is 0 Å². The second-order valence-corrected chi connectivity index (χ2v) is 6.14. The first-order chi connectivity index (χ1) is 13.5. The van der Waals surface area contributed by atoms with E-state index in [-0.39, 0.29) is 18.4 Å². The van der Waals surface area contributed by atoms with E-state index in [0.29, 0.717) is 35.7 Å². The maximum absolute atomic E-state index is 12.2. The monoisotopic (exact) mass is 383 g/mol. The van der Waals surface area contributed by atoms with Gasteiger partial charge in [-0.1, -0.05) is 12.1 Å². The average Bonchev–Trinajstić information content (AvgIpc) is 3.07. The summed E-state index contributed by atoms with van der Waals surface area (Å²) >= 11 is 0. The zero-order chi connectivity index (χ0) is 20.1. The lowest BCUT2D eigenvalue weighted by atomic mass is 10.1. The quantitative estimate of drug-likeness (QED) is 0.431. The predicted octanol–water partition coefficient (Wildman–Crippen LogP) is 2.55. The van der Waals surface area contributed by atoms with Crippen molar-refractivity contribution in [2.45, 2.75) is 13.0 Å². The number of amidine groups is 1. The van der Waals surface area contributed by atoms with Crippen molar-refractivity contribution in [3.8, 4) is 5.75 Å². The Bertz CT molecular complexity index is 882. The van der Waals surface area contributed by atoms with Gasteiger partial charge in [0.15, 0.2) is 6.10 Å². The molecule has 0 aromatic heterocycles. The fraction of sp³-hybridized carbons (Fsp3) is 0.250. The van der Waals surface area contributed by atoms with Crippen molar-refractivity contribution in [3.63, 3.8) is 0 Å². The molecule has 2 aromatic carbocycles. The van der Waals surface area contributed by atoms with Crippen molar-refractivity contribution in [3.05, 3.63) is 59.7 Å². The number of ether oxygens (including phenoxy) is 3. The van der Waals surface area contributed by atoms with E-state index >= 15 is 0 Å². The second kappa shape index (κ2) is 8.43. The van der Waals surface area contributed by atoms with Gasteiger partial charge in [0.1, 0.15) is 18.2 Å². The summed E-state index contributed by atoms with van der Waals surface area (Å²) in [6.45, 7) is 2.56.